The average molecular weight is 550 g/mol. The van der Waals surface area contributed by atoms with E-state index in [4.69, 9.17) is 14.5 Å². The predicted molar refractivity (Wildman–Crippen MR) is 163 cm³/mol. The summed E-state index contributed by atoms with van der Waals surface area (Å²) in [6.45, 7) is 20.2. The van der Waals surface area contributed by atoms with Crippen LogP contribution < -0.4 is 0 Å². The summed E-state index contributed by atoms with van der Waals surface area (Å²) in [5.41, 5.74) is 7.92. The van der Waals surface area contributed by atoms with E-state index in [2.05, 4.69) is 73.6 Å². The summed E-state index contributed by atoms with van der Waals surface area (Å²) in [6.07, 6.45) is 4.26. The Bertz CT molecular complexity index is 1190. The number of rotatable bonds is 6. The summed E-state index contributed by atoms with van der Waals surface area (Å²) in [5, 5.41) is 23.3. The molecule has 1 unspecified atom stereocenters. The van der Waals surface area contributed by atoms with Gasteiger partial charge in [-0.25, -0.2) is 0 Å². The van der Waals surface area contributed by atoms with Crippen LogP contribution in [0.3, 0.4) is 0 Å². The van der Waals surface area contributed by atoms with E-state index in [9.17, 15) is 10.2 Å². The second-order valence-electron chi connectivity index (χ2n) is 13.8. The molecule has 3 aliphatic rings. The molecule has 220 valence electrons. The molecule has 5 nitrogen and oxygen atoms in total. The molecule has 0 radical (unpaired) electrons. The van der Waals surface area contributed by atoms with Crippen molar-refractivity contribution in [2.75, 3.05) is 26.4 Å². The van der Waals surface area contributed by atoms with E-state index in [1.54, 1.807) is 0 Å². The van der Waals surface area contributed by atoms with E-state index in [0.29, 0.717) is 19.6 Å². The quantitative estimate of drug-likeness (QED) is 0.392. The van der Waals surface area contributed by atoms with E-state index >= 15 is 0 Å². The zero-order chi connectivity index (χ0) is 29.2. The molecule has 40 heavy (non-hydrogen) atoms. The van der Waals surface area contributed by atoms with Crippen molar-refractivity contribution < 1.29 is 19.7 Å². The van der Waals surface area contributed by atoms with Crippen molar-refractivity contribution in [3.05, 3.63) is 69.5 Å². The fraction of sp³-hybridized carbons (Fsp3) is 0.629. The van der Waals surface area contributed by atoms with Crippen molar-refractivity contribution in [1.29, 1.82) is 0 Å². The highest BCUT2D eigenvalue weighted by Gasteiger charge is 2.39. The van der Waals surface area contributed by atoms with Gasteiger partial charge in [-0.2, -0.15) is 0 Å². The van der Waals surface area contributed by atoms with Gasteiger partial charge in [0, 0.05) is 27.9 Å². The van der Waals surface area contributed by atoms with Crippen molar-refractivity contribution in [2.45, 2.75) is 105 Å². The van der Waals surface area contributed by atoms with Crippen molar-refractivity contribution in [3.8, 4) is 0 Å². The Balaban J connectivity index is 0.000000681. The molecule has 0 bridgehead atoms. The van der Waals surface area contributed by atoms with Gasteiger partial charge in [-0.15, -0.1) is 0 Å². The standard InChI is InChI=1S/C30H39NO4.C5H12/c1-18(2)27-26(28(33)20-6-8-21(9-7-20)30(5)16-35-17-30)24(19-10-12-34-13-11-19)25-22(31-27)14-29(3,4)15-23(25)32;1-4-5(2)3/h6-10,18,23,28,32-33H,11-17H2,1-5H3;5H,4H2,1-3H3/t23?,28-;/m0./s1. The molecule has 3 heterocycles. The van der Waals surface area contributed by atoms with E-state index in [-0.39, 0.29) is 16.7 Å². The molecule has 1 aromatic heterocycles. The van der Waals surface area contributed by atoms with Crippen molar-refractivity contribution in [1.82, 2.24) is 4.98 Å². The van der Waals surface area contributed by atoms with Gasteiger partial charge >= 0.3 is 0 Å². The number of aliphatic hydroxyl groups excluding tert-OH is 2. The number of aliphatic hydroxyl groups is 2. The van der Waals surface area contributed by atoms with Crippen LogP contribution in [0.1, 0.15) is 132 Å². The second kappa shape index (κ2) is 12.4. The van der Waals surface area contributed by atoms with Gasteiger partial charge in [0.05, 0.1) is 32.5 Å². The molecular weight excluding hydrogens is 498 g/mol. The maximum absolute atomic E-state index is 11.9. The third-order valence-electron chi connectivity index (χ3n) is 8.79. The first-order valence-corrected chi connectivity index (χ1v) is 15.2. The number of hydrogen-bond acceptors (Lipinski definition) is 5. The first-order valence-electron chi connectivity index (χ1n) is 15.2. The Morgan fingerprint density at radius 3 is 2.17 bits per heavy atom. The largest absolute Gasteiger partial charge is 0.388 e. The highest BCUT2D eigenvalue weighted by molar-refractivity contribution is 5.74. The van der Waals surface area contributed by atoms with Crippen LogP contribution in [0, 0.1) is 11.3 Å². The van der Waals surface area contributed by atoms with Crippen LogP contribution >= 0.6 is 0 Å². The Labute approximate surface area is 242 Å². The molecule has 1 saturated heterocycles. The zero-order valence-electron chi connectivity index (χ0n) is 26.0. The topological polar surface area (TPSA) is 71.8 Å². The minimum absolute atomic E-state index is 0.0215. The predicted octanol–water partition coefficient (Wildman–Crippen LogP) is 7.44. The van der Waals surface area contributed by atoms with Crippen LogP contribution in [0.2, 0.25) is 0 Å². The normalized spacial score (nSPS) is 22.1. The summed E-state index contributed by atoms with van der Waals surface area (Å²) in [6, 6.07) is 8.31. The fourth-order valence-corrected chi connectivity index (χ4v) is 5.95. The second-order valence-corrected chi connectivity index (χ2v) is 13.8. The first kappa shape index (κ1) is 30.9. The summed E-state index contributed by atoms with van der Waals surface area (Å²) in [7, 11) is 0. The van der Waals surface area contributed by atoms with Crippen LogP contribution in [0.25, 0.3) is 5.57 Å². The number of hydrogen-bond donors (Lipinski definition) is 2. The summed E-state index contributed by atoms with van der Waals surface area (Å²) in [5.74, 6) is 1.02. The molecule has 0 spiro atoms. The molecule has 0 saturated carbocycles. The van der Waals surface area contributed by atoms with Gasteiger partial charge < -0.3 is 19.7 Å². The maximum Gasteiger partial charge on any atom is 0.106 e. The molecule has 2 N–H and O–H groups in total. The summed E-state index contributed by atoms with van der Waals surface area (Å²) in [4.78, 5) is 5.15. The molecule has 5 rings (SSSR count). The molecule has 2 aromatic rings. The maximum atomic E-state index is 11.9. The lowest BCUT2D eigenvalue weighted by molar-refractivity contribution is -0.0500. The third kappa shape index (κ3) is 6.54. The molecular formula is C35H51NO4. The lowest BCUT2D eigenvalue weighted by Crippen LogP contribution is -2.43. The van der Waals surface area contributed by atoms with Gasteiger partial charge in [0.2, 0.25) is 0 Å². The fourth-order valence-electron chi connectivity index (χ4n) is 5.95. The average Bonchev–Trinajstić information content (AvgIpc) is 2.90. The minimum Gasteiger partial charge on any atom is -0.388 e. The van der Waals surface area contributed by atoms with Gasteiger partial charge in [-0.1, -0.05) is 92.2 Å². The summed E-state index contributed by atoms with van der Waals surface area (Å²) < 4.78 is 11.1. The van der Waals surface area contributed by atoms with Gasteiger partial charge in [-0.3, -0.25) is 4.98 Å². The minimum atomic E-state index is -0.828. The SMILES string of the molecule is CC(C)c1nc2c(c(C3=CCOCC3)c1[C@@H](O)c1ccc(C3(C)COC3)cc1)C(O)CC(C)(C)C2.CCC(C)C. The number of nitrogens with zero attached hydrogens (tertiary/aromatic N) is 1. The summed E-state index contributed by atoms with van der Waals surface area (Å²) >= 11 is 0. The van der Waals surface area contributed by atoms with E-state index in [1.165, 1.54) is 12.0 Å². The van der Waals surface area contributed by atoms with Crippen LogP contribution in [-0.4, -0.2) is 41.6 Å². The monoisotopic (exact) mass is 549 g/mol. The van der Waals surface area contributed by atoms with Crippen molar-refractivity contribution in [3.63, 3.8) is 0 Å². The molecule has 1 aromatic carbocycles. The lowest BCUT2D eigenvalue weighted by Gasteiger charge is -2.39. The number of benzene rings is 1. The molecule has 1 aliphatic carbocycles. The van der Waals surface area contributed by atoms with Crippen molar-refractivity contribution in [2.24, 2.45) is 11.3 Å². The molecule has 1 fully saturated rings. The van der Waals surface area contributed by atoms with Gasteiger partial charge in [-0.05, 0) is 58.8 Å². The molecule has 5 heteroatoms. The molecule has 2 aliphatic heterocycles. The van der Waals surface area contributed by atoms with Gasteiger partial charge in [0.1, 0.15) is 6.10 Å². The van der Waals surface area contributed by atoms with Gasteiger partial charge in [0.25, 0.3) is 0 Å². The molecule has 0 amide bonds. The Morgan fingerprint density at radius 2 is 1.68 bits per heavy atom. The number of fused-ring (bicyclic) bond motifs is 1. The van der Waals surface area contributed by atoms with E-state index in [1.807, 2.05) is 12.1 Å². The van der Waals surface area contributed by atoms with E-state index < -0.39 is 12.2 Å². The van der Waals surface area contributed by atoms with Crippen LogP contribution in [0.5, 0.6) is 0 Å². The number of ether oxygens (including phenoxy) is 2. The Morgan fingerprint density at radius 1 is 1.02 bits per heavy atom. The van der Waals surface area contributed by atoms with Gasteiger partial charge in [0.15, 0.2) is 0 Å². The number of aromatic nitrogens is 1. The van der Waals surface area contributed by atoms with E-state index in [0.717, 1.165) is 71.2 Å². The first-order chi connectivity index (χ1) is 18.9. The van der Waals surface area contributed by atoms with Crippen LogP contribution in [0.15, 0.2) is 30.3 Å². The highest BCUT2D eigenvalue weighted by Crippen LogP contribution is 2.48. The van der Waals surface area contributed by atoms with Crippen molar-refractivity contribution >= 4 is 5.57 Å². The Hall–Kier alpha value is -2.05. The zero-order valence-corrected chi connectivity index (χ0v) is 26.0. The highest BCUT2D eigenvalue weighted by atomic mass is 16.5. The smallest absolute Gasteiger partial charge is 0.106 e. The third-order valence-corrected chi connectivity index (χ3v) is 8.79. The Kier molecular flexibility index (Phi) is 9.61. The van der Waals surface area contributed by atoms with Crippen LogP contribution in [-0.2, 0) is 21.3 Å². The van der Waals surface area contributed by atoms with Crippen LogP contribution in [0.4, 0.5) is 0 Å². The lowest BCUT2D eigenvalue weighted by atomic mass is 9.71. The number of pyridine rings is 1. The molecule has 2 atom stereocenters.